The number of hydrogen-bond acceptors (Lipinski definition) is 4. The largest absolute Gasteiger partial charge is 0.480 e. The number of nitrogens with one attached hydrogen (secondary N) is 1. The van der Waals surface area contributed by atoms with Gasteiger partial charge in [0, 0.05) is 0 Å². The molecule has 1 rings (SSSR count). The maximum Gasteiger partial charge on any atom is 0.321 e. The lowest BCUT2D eigenvalue weighted by Gasteiger charge is -2.16. The number of aliphatic carboxylic acids is 1. The first kappa shape index (κ1) is 15.1. The van der Waals surface area contributed by atoms with Crippen LogP contribution in [0.25, 0.3) is 0 Å². The number of aryl methyl sites for hydroxylation is 1. The van der Waals surface area contributed by atoms with E-state index in [-0.39, 0.29) is 16.5 Å². The van der Waals surface area contributed by atoms with Crippen LogP contribution in [0.1, 0.15) is 25.8 Å². The Hall–Kier alpha value is -0.920. The number of hydrogen-bond donors (Lipinski definition) is 2. The van der Waals surface area contributed by atoms with Gasteiger partial charge in [-0.25, -0.2) is 8.42 Å². The second-order valence-electron chi connectivity index (χ2n) is 4.53. The average molecular weight is 291 g/mol. The summed E-state index contributed by atoms with van der Waals surface area (Å²) in [5.74, 6) is -1.06. The maximum absolute atomic E-state index is 12.0. The fourth-order valence-electron chi connectivity index (χ4n) is 1.55. The highest BCUT2D eigenvalue weighted by Gasteiger charge is 2.27. The molecule has 0 radical (unpaired) electrons. The second-order valence-corrected chi connectivity index (χ2v) is 7.36. The zero-order valence-corrected chi connectivity index (χ0v) is 12.1. The Morgan fingerprint density at radius 1 is 1.50 bits per heavy atom. The van der Waals surface area contributed by atoms with Crippen molar-refractivity contribution in [3.8, 4) is 0 Å². The van der Waals surface area contributed by atoms with Gasteiger partial charge >= 0.3 is 5.97 Å². The van der Waals surface area contributed by atoms with Crippen molar-refractivity contribution < 1.29 is 18.3 Å². The van der Waals surface area contributed by atoms with Gasteiger partial charge in [0.15, 0.2) is 0 Å². The Kier molecular flexibility index (Phi) is 4.89. The Labute approximate surface area is 111 Å². The average Bonchev–Trinajstić information content (AvgIpc) is 2.62. The van der Waals surface area contributed by atoms with Crippen molar-refractivity contribution >= 4 is 27.3 Å². The summed E-state index contributed by atoms with van der Waals surface area (Å²) in [4.78, 5) is 11.0. The molecule has 0 saturated carbocycles. The van der Waals surface area contributed by atoms with Crippen LogP contribution in [0.4, 0.5) is 0 Å². The van der Waals surface area contributed by atoms with Crippen LogP contribution in [-0.4, -0.2) is 25.5 Å². The Morgan fingerprint density at radius 3 is 2.50 bits per heavy atom. The molecule has 0 aliphatic heterocycles. The molecule has 0 aromatic carbocycles. The fraction of sp³-hybridized carbons (Fsp3) is 0.545. The number of sulfonamides is 1. The SMILES string of the molecule is Cc1ccsc1S(=O)(=O)N[C@@H](CC(C)C)C(=O)O. The molecule has 0 unspecified atom stereocenters. The normalized spacial score (nSPS) is 13.8. The number of carbonyl (C=O) groups is 1. The summed E-state index contributed by atoms with van der Waals surface area (Å²) in [6.07, 6.45) is 0.263. The summed E-state index contributed by atoms with van der Waals surface area (Å²) in [7, 11) is -3.75. The van der Waals surface area contributed by atoms with Crippen LogP contribution >= 0.6 is 11.3 Å². The highest BCUT2D eigenvalue weighted by Crippen LogP contribution is 2.22. The van der Waals surface area contributed by atoms with Crippen LogP contribution in [0, 0.1) is 12.8 Å². The van der Waals surface area contributed by atoms with Crippen molar-refractivity contribution in [3.05, 3.63) is 17.0 Å². The van der Waals surface area contributed by atoms with E-state index in [2.05, 4.69) is 4.72 Å². The molecule has 1 heterocycles. The maximum atomic E-state index is 12.0. The van der Waals surface area contributed by atoms with E-state index < -0.39 is 22.0 Å². The van der Waals surface area contributed by atoms with Gasteiger partial charge in [-0.3, -0.25) is 4.79 Å². The Bertz CT molecular complexity index is 519. The van der Waals surface area contributed by atoms with E-state index in [9.17, 15) is 13.2 Å². The molecule has 1 atom stereocenters. The highest BCUT2D eigenvalue weighted by molar-refractivity contribution is 7.91. The molecule has 1 aromatic rings. The zero-order chi connectivity index (χ0) is 13.9. The zero-order valence-electron chi connectivity index (χ0n) is 10.5. The fourth-order valence-corrected chi connectivity index (χ4v) is 4.18. The highest BCUT2D eigenvalue weighted by atomic mass is 32.2. The number of carboxylic acids is 1. The summed E-state index contributed by atoms with van der Waals surface area (Å²) < 4.78 is 26.5. The van der Waals surface area contributed by atoms with E-state index >= 15 is 0 Å². The molecule has 7 heteroatoms. The van der Waals surface area contributed by atoms with Gasteiger partial charge in [-0.1, -0.05) is 13.8 Å². The van der Waals surface area contributed by atoms with E-state index in [1.54, 1.807) is 18.4 Å². The van der Waals surface area contributed by atoms with Gasteiger partial charge in [-0.05, 0) is 36.3 Å². The van der Waals surface area contributed by atoms with Gasteiger partial charge in [0.05, 0.1) is 0 Å². The molecule has 0 fully saturated rings. The van der Waals surface area contributed by atoms with Crippen molar-refractivity contribution in [1.82, 2.24) is 4.72 Å². The summed E-state index contributed by atoms with van der Waals surface area (Å²) in [5, 5.41) is 10.7. The molecule has 0 saturated heterocycles. The quantitative estimate of drug-likeness (QED) is 0.837. The molecule has 2 N–H and O–H groups in total. The van der Waals surface area contributed by atoms with Crippen LogP contribution in [0.2, 0.25) is 0 Å². The smallest absolute Gasteiger partial charge is 0.321 e. The van der Waals surface area contributed by atoms with E-state index in [1.165, 1.54) is 0 Å². The third-order valence-electron chi connectivity index (χ3n) is 2.36. The molecule has 1 aromatic heterocycles. The number of thiophene rings is 1. The van der Waals surface area contributed by atoms with Crippen molar-refractivity contribution in [1.29, 1.82) is 0 Å². The Balaban J connectivity index is 2.94. The molecule has 0 spiro atoms. The van der Waals surface area contributed by atoms with Gasteiger partial charge in [-0.15, -0.1) is 11.3 Å². The van der Waals surface area contributed by atoms with E-state index in [0.29, 0.717) is 5.56 Å². The predicted octanol–water partition coefficient (Wildman–Crippen LogP) is 1.83. The minimum absolute atomic E-state index is 0.0956. The predicted molar refractivity (Wildman–Crippen MR) is 70.3 cm³/mol. The van der Waals surface area contributed by atoms with Gasteiger partial charge in [0.2, 0.25) is 0 Å². The van der Waals surface area contributed by atoms with E-state index in [1.807, 2.05) is 13.8 Å². The third-order valence-corrected chi connectivity index (χ3v) is 5.52. The van der Waals surface area contributed by atoms with Gasteiger partial charge in [0.1, 0.15) is 10.3 Å². The summed E-state index contributed by atoms with van der Waals surface area (Å²) in [6, 6.07) is 0.605. The van der Waals surface area contributed by atoms with Gasteiger partial charge in [-0.2, -0.15) is 4.72 Å². The molecular formula is C11H17NO4S2. The topological polar surface area (TPSA) is 83.5 Å². The van der Waals surface area contributed by atoms with Crippen molar-refractivity contribution in [2.75, 3.05) is 0 Å². The lowest BCUT2D eigenvalue weighted by molar-refractivity contribution is -0.139. The van der Waals surface area contributed by atoms with Crippen molar-refractivity contribution in [3.63, 3.8) is 0 Å². The molecule has 0 aliphatic carbocycles. The molecule has 0 amide bonds. The van der Waals surface area contributed by atoms with Crippen LogP contribution in [0.15, 0.2) is 15.7 Å². The van der Waals surface area contributed by atoms with Gasteiger partial charge in [0.25, 0.3) is 10.0 Å². The van der Waals surface area contributed by atoms with Crippen molar-refractivity contribution in [2.45, 2.75) is 37.4 Å². The minimum atomic E-state index is -3.75. The van der Waals surface area contributed by atoms with E-state index in [4.69, 9.17) is 5.11 Å². The molecule has 0 bridgehead atoms. The lowest BCUT2D eigenvalue weighted by Crippen LogP contribution is -2.41. The molecular weight excluding hydrogens is 274 g/mol. The molecule has 18 heavy (non-hydrogen) atoms. The third kappa shape index (κ3) is 3.79. The van der Waals surface area contributed by atoms with Crippen LogP contribution in [0.5, 0.6) is 0 Å². The lowest BCUT2D eigenvalue weighted by atomic mass is 10.1. The standard InChI is InChI=1S/C11H17NO4S2/c1-7(2)6-9(10(13)14)12-18(15,16)11-8(3)4-5-17-11/h4-5,7,9,12H,6H2,1-3H3,(H,13,14)/t9-/m0/s1. The summed E-state index contributed by atoms with van der Waals surface area (Å²) in [5.41, 5.74) is 0.626. The first-order valence-electron chi connectivity index (χ1n) is 5.53. The van der Waals surface area contributed by atoms with Crippen LogP contribution in [0.3, 0.4) is 0 Å². The minimum Gasteiger partial charge on any atom is -0.480 e. The molecule has 0 aliphatic rings. The van der Waals surface area contributed by atoms with E-state index in [0.717, 1.165) is 11.3 Å². The van der Waals surface area contributed by atoms with Crippen LogP contribution in [-0.2, 0) is 14.8 Å². The first-order chi connectivity index (χ1) is 8.24. The number of carboxylic acid groups (broad SMARTS) is 1. The number of rotatable bonds is 6. The van der Waals surface area contributed by atoms with Crippen LogP contribution < -0.4 is 4.72 Å². The monoisotopic (exact) mass is 291 g/mol. The first-order valence-corrected chi connectivity index (χ1v) is 7.89. The second kappa shape index (κ2) is 5.81. The van der Waals surface area contributed by atoms with Gasteiger partial charge < -0.3 is 5.11 Å². The molecule has 5 nitrogen and oxygen atoms in total. The van der Waals surface area contributed by atoms with Crippen molar-refractivity contribution in [2.24, 2.45) is 5.92 Å². The summed E-state index contributed by atoms with van der Waals surface area (Å²) in [6.45, 7) is 5.38. The summed E-state index contributed by atoms with van der Waals surface area (Å²) >= 11 is 1.09. The molecule has 102 valence electrons. The Morgan fingerprint density at radius 2 is 2.11 bits per heavy atom.